The standard InChI is InChI=1S/C45H31N3S/c1-27-16-19-33-36-24-31(18-21-40(36)48(41(33)22-27)30-12-6-3-7-13-30)47(29-10-4-2-5-11-29)32-23-28-17-20-35-44-39(46-38(25-32)43(28)44)26-37-34-14-8-9-15-42(34)49-45(35)37/h2-21,23-27,46H,22H2,1H3. The van der Waals surface area contributed by atoms with Crippen molar-refractivity contribution >= 4 is 98.1 Å². The Bertz CT molecular complexity index is 2920. The third-order valence-corrected chi connectivity index (χ3v) is 11.8. The van der Waals surface area contributed by atoms with Gasteiger partial charge < -0.3 is 14.5 Å². The number of aromatic amines is 1. The Hall–Kier alpha value is -5.84. The second-order valence-corrected chi connectivity index (χ2v) is 14.6. The van der Waals surface area contributed by atoms with Gasteiger partial charge in [0.15, 0.2) is 0 Å². The Morgan fingerprint density at radius 2 is 1.45 bits per heavy atom. The highest BCUT2D eigenvalue weighted by molar-refractivity contribution is 7.26. The van der Waals surface area contributed by atoms with Crippen LogP contribution in [0.3, 0.4) is 0 Å². The number of nitrogens with one attached hydrogen (secondary N) is 1. The third kappa shape index (κ3) is 3.89. The first-order valence-corrected chi connectivity index (χ1v) is 17.9. The summed E-state index contributed by atoms with van der Waals surface area (Å²) < 4.78 is 5.18. The summed E-state index contributed by atoms with van der Waals surface area (Å²) in [5.41, 5.74) is 11.0. The molecule has 0 bridgehead atoms. The molecule has 3 nitrogen and oxygen atoms in total. The molecule has 1 atom stereocenters. The lowest BCUT2D eigenvalue weighted by molar-refractivity contribution is 0.690. The summed E-state index contributed by atoms with van der Waals surface area (Å²) in [4.78, 5) is 6.28. The molecule has 232 valence electrons. The maximum absolute atomic E-state index is 3.87. The molecule has 3 aromatic heterocycles. The van der Waals surface area contributed by atoms with Crippen LogP contribution in [0.25, 0.3) is 75.4 Å². The number of allylic oxidation sites excluding steroid dienone is 1. The summed E-state index contributed by atoms with van der Waals surface area (Å²) in [7, 11) is 0. The molecule has 10 aromatic rings. The zero-order valence-electron chi connectivity index (χ0n) is 26.9. The van der Waals surface area contributed by atoms with E-state index in [0.717, 1.165) is 23.5 Å². The number of thiophene rings is 1. The zero-order chi connectivity index (χ0) is 32.2. The molecule has 3 heterocycles. The molecule has 0 amide bonds. The fraction of sp³-hybridized carbons (Fsp3) is 0.0667. The first kappa shape index (κ1) is 27.1. The number of hydrogen-bond acceptors (Lipinski definition) is 2. The fourth-order valence-electron chi connectivity index (χ4n) is 8.43. The van der Waals surface area contributed by atoms with Crippen LogP contribution in [0.4, 0.5) is 17.1 Å². The van der Waals surface area contributed by atoms with Crippen LogP contribution in [0.15, 0.2) is 140 Å². The number of rotatable bonds is 4. The van der Waals surface area contributed by atoms with Gasteiger partial charge in [-0.3, -0.25) is 0 Å². The van der Waals surface area contributed by atoms with Crippen LogP contribution >= 0.6 is 11.3 Å². The maximum Gasteiger partial charge on any atom is 0.0539 e. The molecule has 11 rings (SSSR count). The predicted molar refractivity (Wildman–Crippen MR) is 211 cm³/mol. The molecular formula is C45H31N3S. The van der Waals surface area contributed by atoms with E-state index in [1.54, 1.807) is 0 Å². The van der Waals surface area contributed by atoms with Gasteiger partial charge in [0, 0.05) is 86.8 Å². The summed E-state index contributed by atoms with van der Waals surface area (Å²) in [5, 5.41) is 9.17. The fourth-order valence-corrected chi connectivity index (χ4v) is 9.64. The number of anilines is 3. The van der Waals surface area contributed by atoms with E-state index in [9.17, 15) is 0 Å². The monoisotopic (exact) mass is 645 g/mol. The van der Waals surface area contributed by atoms with E-state index in [1.165, 1.54) is 80.6 Å². The highest BCUT2D eigenvalue weighted by Crippen LogP contribution is 2.47. The van der Waals surface area contributed by atoms with Gasteiger partial charge in [-0.15, -0.1) is 11.3 Å². The molecule has 0 radical (unpaired) electrons. The lowest BCUT2D eigenvalue weighted by atomic mass is 9.94. The lowest BCUT2D eigenvalue weighted by Gasteiger charge is -2.26. The molecule has 1 aliphatic rings. The van der Waals surface area contributed by atoms with Crippen molar-refractivity contribution in [2.75, 3.05) is 4.90 Å². The minimum absolute atomic E-state index is 0.502. The Kier molecular flexibility index (Phi) is 5.59. The van der Waals surface area contributed by atoms with E-state index in [4.69, 9.17) is 0 Å². The van der Waals surface area contributed by atoms with E-state index in [2.05, 4.69) is 167 Å². The lowest BCUT2D eigenvalue weighted by Crippen LogP contribution is -2.10. The van der Waals surface area contributed by atoms with Gasteiger partial charge in [0.1, 0.15) is 0 Å². The quantitative estimate of drug-likeness (QED) is 0.189. The van der Waals surface area contributed by atoms with Crippen molar-refractivity contribution in [1.29, 1.82) is 0 Å². The van der Waals surface area contributed by atoms with E-state index in [-0.39, 0.29) is 0 Å². The van der Waals surface area contributed by atoms with Crippen LogP contribution in [-0.2, 0) is 6.42 Å². The molecule has 7 aromatic carbocycles. The van der Waals surface area contributed by atoms with Gasteiger partial charge in [0.2, 0.25) is 0 Å². The molecule has 0 saturated carbocycles. The summed E-state index contributed by atoms with van der Waals surface area (Å²) in [6, 6.07) is 49.1. The van der Waals surface area contributed by atoms with Crippen LogP contribution in [0.1, 0.15) is 18.2 Å². The highest BCUT2D eigenvalue weighted by Gasteiger charge is 2.24. The molecule has 1 aliphatic carbocycles. The van der Waals surface area contributed by atoms with Crippen molar-refractivity contribution in [2.45, 2.75) is 13.3 Å². The number of benzene rings is 7. The van der Waals surface area contributed by atoms with Crippen LogP contribution in [0, 0.1) is 5.92 Å². The van der Waals surface area contributed by atoms with E-state index in [0.29, 0.717) is 5.92 Å². The molecular weight excluding hydrogens is 615 g/mol. The highest BCUT2D eigenvalue weighted by atomic mass is 32.1. The molecule has 0 fully saturated rings. The van der Waals surface area contributed by atoms with E-state index < -0.39 is 0 Å². The molecule has 49 heavy (non-hydrogen) atoms. The molecule has 1 N–H and O–H groups in total. The first-order chi connectivity index (χ1) is 24.2. The van der Waals surface area contributed by atoms with Crippen LogP contribution in [-0.4, -0.2) is 9.55 Å². The normalized spacial score (nSPS) is 14.7. The number of hydrogen-bond donors (Lipinski definition) is 1. The SMILES string of the molecule is CC1C=Cc2c(n(-c3ccccc3)c3ccc(N(c4ccccc4)c4cc5ccc6c7sc8ccccc8c7cc7[nH]c(c4)c5c76)cc23)C1. The summed E-state index contributed by atoms with van der Waals surface area (Å²) in [6.45, 7) is 2.31. The van der Waals surface area contributed by atoms with Gasteiger partial charge in [0.05, 0.1) is 5.52 Å². The van der Waals surface area contributed by atoms with E-state index >= 15 is 0 Å². The van der Waals surface area contributed by atoms with Gasteiger partial charge in [-0.05, 0) is 84.5 Å². The maximum atomic E-state index is 3.87. The minimum atomic E-state index is 0.502. The number of fused-ring (bicyclic) bond motifs is 7. The van der Waals surface area contributed by atoms with Crippen LogP contribution in [0.5, 0.6) is 0 Å². The van der Waals surface area contributed by atoms with Crippen molar-refractivity contribution in [3.8, 4) is 5.69 Å². The molecule has 4 heteroatoms. The number of H-pyrrole nitrogens is 1. The average molecular weight is 646 g/mol. The summed E-state index contributed by atoms with van der Waals surface area (Å²) in [5.74, 6) is 0.502. The number of nitrogens with zero attached hydrogens (tertiary/aromatic N) is 2. The van der Waals surface area contributed by atoms with E-state index in [1.807, 2.05) is 11.3 Å². The zero-order valence-corrected chi connectivity index (χ0v) is 27.8. The Morgan fingerprint density at radius 3 is 2.33 bits per heavy atom. The Labute approximate surface area is 287 Å². The Balaban J connectivity index is 1.14. The Morgan fingerprint density at radius 1 is 0.653 bits per heavy atom. The van der Waals surface area contributed by atoms with Gasteiger partial charge in [-0.2, -0.15) is 0 Å². The van der Waals surface area contributed by atoms with Crippen LogP contribution < -0.4 is 4.90 Å². The summed E-state index contributed by atoms with van der Waals surface area (Å²) in [6.07, 6.45) is 5.73. The van der Waals surface area contributed by atoms with Crippen molar-refractivity contribution in [3.05, 3.63) is 151 Å². The minimum Gasteiger partial charge on any atom is -0.354 e. The van der Waals surface area contributed by atoms with Crippen molar-refractivity contribution in [3.63, 3.8) is 0 Å². The van der Waals surface area contributed by atoms with Crippen molar-refractivity contribution in [2.24, 2.45) is 5.92 Å². The van der Waals surface area contributed by atoms with Crippen molar-refractivity contribution < 1.29 is 0 Å². The molecule has 0 aliphatic heterocycles. The molecule has 1 unspecified atom stereocenters. The van der Waals surface area contributed by atoms with Crippen LogP contribution in [0.2, 0.25) is 0 Å². The van der Waals surface area contributed by atoms with Gasteiger partial charge >= 0.3 is 0 Å². The topological polar surface area (TPSA) is 24.0 Å². The largest absolute Gasteiger partial charge is 0.354 e. The van der Waals surface area contributed by atoms with Gasteiger partial charge in [-0.25, -0.2) is 0 Å². The van der Waals surface area contributed by atoms with Gasteiger partial charge in [-0.1, -0.05) is 85.8 Å². The number of aromatic nitrogens is 2. The smallest absolute Gasteiger partial charge is 0.0539 e. The average Bonchev–Trinajstić information content (AvgIpc) is 3.80. The third-order valence-electron chi connectivity index (χ3n) is 10.6. The predicted octanol–water partition coefficient (Wildman–Crippen LogP) is 12.9. The summed E-state index contributed by atoms with van der Waals surface area (Å²) >= 11 is 1.90. The van der Waals surface area contributed by atoms with Gasteiger partial charge in [0.25, 0.3) is 0 Å². The van der Waals surface area contributed by atoms with Crippen molar-refractivity contribution in [1.82, 2.24) is 9.55 Å². The number of para-hydroxylation sites is 2. The second kappa shape index (κ2) is 10.1. The molecule has 0 saturated heterocycles. The molecule has 0 spiro atoms. The second-order valence-electron chi connectivity index (χ2n) is 13.5. The first-order valence-electron chi connectivity index (χ1n) is 17.1.